The van der Waals surface area contributed by atoms with E-state index >= 15 is 0 Å². The fourth-order valence-electron chi connectivity index (χ4n) is 1.10. The van der Waals surface area contributed by atoms with Gasteiger partial charge in [0.15, 0.2) is 0 Å². The molecule has 0 radical (unpaired) electrons. The quantitative estimate of drug-likeness (QED) is 0.732. The van der Waals surface area contributed by atoms with E-state index in [2.05, 4.69) is 26.6 Å². The fourth-order valence-corrected chi connectivity index (χ4v) is 2.00. The average molecular weight is 302 g/mol. The molecule has 0 heterocycles. The number of hydrogen-bond acceptors (Lipinski definition) is 3. The van der Waals surface area contributed by atoms with Crippen LogP contribution in [0.2, 0.25) is 0 Å². The molecule has 0 aliphatic carbocycles. The zero-order valence-electron chi connectivity index (χ0n) is 8.71. The van der Waals surface area contributed by atoms with E-state index in [9.17, 15) is 4.79 Å². The molecule has 0 saturated heterocycles. The largest absolute Gasteiger partial charge is 0.389 e. The maximum atomic E-state index is 11.0. The fraction of sp³-hybridized carbons (Fsp3) is 0.200. The first-order valence-electron chi connectivity index (χ1n) is 4.58. The molecular formula is C10H12BrN3OS. The summed E-state index contributed by atoms with van der Waals surface area (Å²) in [6.07, 6.45) is 0. The Balaban J connectivity index is 2.74. The van der Waals surface area contributed by atoms with Crippen LogP contribution < -0.4 is 16.4 Å². The average Bonchev–Trinajstić information content (AvgIpc) is 2.25. The van der Waals surface area contributed by atoms with Gasteiger partial charge in [0.25, 0.3) is 0 Å². The Morgan fingerprint density at radius 3 is 2.75 bits per heavy atom. The Morgan fingerprint density at radius 2 is 2.25 bits per heavy atom. The van der Waals surface area contributed by atoms with Gasteiger partial charge in [0, 0.05) is 22.8 Å². The highest BCUT2D eigenvalue weighted by atomic mass is 79.9. The van der Waals surface area contributed by atoms with Crippen LogP contribution in [0.1, 0.15) is 5.56 Å². The zero-order chi connectivity index (χ0) is 12.1. The molecule has 0 fully saturated rings. The van der Waals surface area contributed by atoms with Gasteiger partial charge in [-0.15, -0.1) is 0 Å². The molecule has 86 valence electrons. The number of halogens is 1. The van der Waals surface area contributed by atoms with Crippen molar-refractivity contribution in [3.63, 3.8) is 0 Å². The van der Waals surface area contributed by atoms with Crippen LogP contribution in [0.25, 0.3) is 0 Å². The Hall–Kier alpha value is -1.14. The maximum absolute atomic E-state index is 11.0. The normalized spacial score (nSPS) is 9.62. The van der Waals surface area contributed by atoms with Crippen LogP contribution in [-0.4, -0.2) is 24.5 Å². The molecule has 1 aromatic carbocycles. The summed E-state index contributed by atoms with van der Waals surface area (Å²) >= 11 is 8.24. The highest BCUT2D eigenvalue weighted by Crippen LogP contribution is 2.21. The van der Waals surface area contributed by atoms with E-state index in [0.29, 0.717) is 4.99 Å². The Bertz CT molecular complexity index is 423. The molecule has 4 nitrogen and oxygen atoms in total. The smallest absolute Gasteiger partial charge is 0.239 e. The third kappa shape index (κ3) is 3.46. The molecule has 0 aliphatic rings. The predicted octanol–water partition coefficient (Wildman–Crippen LogP) is 1.24. The number of nitrogens with two attached hydrogens (primary N) is 1. The Morgan fingerprint density at radius 1 is 1.56 bits per heavy atom. The number of rotatable bonds is 4. The highest BCUT2D eigenvalue weighted by Gasteiger charge is 2.04. The third-order valence-corrected chi connectivity index (χ3v) is 2.84. The SMILES string of the molecule is CNC(=O)CNc1ccc(C(N)=S)c(Br)c1. The summed E-state index contributed by atoms with van der Waals surface area (Å²) in [5, 5.41) is 5.50. The van der Waals surface area contributed by atoms with Crippen LogP contribution in [0, 0.1) is 0 Å². The molecule has 1 amide bonds. The van der Waals surface area contributed by atoms with Crippen LogP contribution in [0.5, 0.6) is 0 Å². The summed E-state index contributed by atoms with van der Waals surface area (Å²) in [6.45, 7) is 0.232. The minimum absolute atomic E-state index is 0.0745. The van der Waals surface area contributed by atoms with Crippen molar-refractivity contribution < 1.29 is 4.79 Å². The van der Waals surface area contributed by atoms with Gasteiger partial charge >= 0.3 is 0 Å². The minimum Gasteiger partial charge on any atom is -0.389 e. The number of amides is 1. The van der Waals surface area contributed by atoms with E-state index in [4.69, 9.17) is 18.0 Å². The first-order chi connectivity index (χ1) is 7.54. The number of benzene rings is 1. The van der Waals surface area contributed by atoms with Crippen molar-refractivity contribution in [1.29, 1.82) is 0 Å². The molecule has 0 atom stereocenters. The second-order valence-corrected chi connectivity index (χ2v) is 4.38. The number of thiocarbonyl (C=S) groups is 1. The van der Waals surface area contributed by atoms with Gasteiger partial charge in [-0.05, 0) is 34.1 Å². The van der Waals surface area contributed by atoms with E-state index in [0.717, 1.165) is 15.7 Å². The standard InChI is InChI=1S/C10H12BrN3OS/c1-13-9(15)5-14-6-2-3-7(10(12)16)8(11)4-6/h2-4,14H,5H2,1H3,(H2,12,16)(H,13,15). The van der Waals surface area contributed by atoms with Crippen LogP contribution in [-0.2, 0) is 4.79 Å². The van der Waals surface area contributed by atoms with Crippen LogP contribution in [0.3, 0.4) is 0 Å². The van der Waals surface area contributed by atoms with Crippen LogP contribution in [0.4, 0.5) is 5.69 Å². The number of anilines is 1. The number of nitrogens with one attached hydrogen (secondary N) is 2. The van der Waals surface area contributed by atoms with Gasteiger partial charge in [0.05, 0.1) is 6.54 Å². The van der Waals surface area contributed by atoms with Gasteiger partial charge < -0.3 is 16.4 Å². The lowest BCUT2D eigenvalue weighted by Gasteiger charge is -2.08. The van der Waals surface area contributed by atoms with Gasteiger partial charge in [-0.1, -0.05) is 12.2 Å². The second kappa shape index (κ2) is 5.81. The molecule has 0 spiro atoms. The number of carbonyl (C=O) groups excluding carboxylic acids is 1. The van der Waals surface area contributed by atoms with Crippen LogP contribution >= 0.6 is 28.1 Å². The molecule has 0 aromatic heterocycles. The lowest BCUT2D eigenvalue weighted by molar-refractivity contribution is -0.118. The van der Waals surface area contributed by atoms with Crippen molar-refractivity contribution >= 4 is 44.7 Å². The van der Waals surface area contributed by atoms with E-state index in [1.165, 1.54) is 0 Å². The summed E-state index contributed by atoms with van der Waals surface area (Å²) in [6, 6.07) is 5.46. The maximum Gasteiger partial charge on any atom is 0.239 e. The van der Waals surface area contributed by atoms with Crippen molar-refractivity contribution in [2.75, 3.05) is 18.9 Å². The summed E-state index contributed by atoms with van der Waals surface area (Å²) in [5.41, 5.74) is 7.13. The molecule has 0 bridgehead atoms. The summed E-state index contributed by atoms with van der Waals surface area (Å²) in [4.78, 5) is 11.4. The Kier molecular flexibility index (Phi) is 4.70. The lowest BCUT2D eigenvalue weighted by Crippen LogP contribution is -2.26. The molecule has 0 unspecified atom stereocenters. The number of hydrogen-bond donors (Lipinski definition) is 3. The van der Waals surface area contributed by atoms with E-state index in [1.807, 2.05) is 12.1 Å². The topological polar surface area (TPSA) is 67.2 Å². The van der Waals surface area contributed by atoms with Crippen molar-refractivity contribution in [3.05, 3.63) is 28.2 Å². The van der Waals surface area contributed by atoms with Gasteiger partial charge in [0.2, 0.25) is 5.91 Å². The molecule has 0 saturated carbocycles. The first-order valence-corrected chi connectivity index (χ1v) is 5.78. The lowest BCUT2D eigenvalue weighted by atomic mass is 10.2. The van der Waals surface area contributed by atoms with Gasteiger partial charge in [-0.2, -0.15) is 0 Å². The summed E-state index contributed by atoms with van der Waals surface area (Å²) in [7, 11) is 1.59. The Labute approximate surface area is 108 Å². The molecule has 1 aromatic rings. The van der Waals surface area contributed by atoms with E-state index in [-0.39, 0.29) is 12.5 Å². The second-order valence-electron chi connectivity index (χ2n) is 3.09. The van der Waals surface area contributed by atoms with Crippen molar-refractivity contribution in [2.24, 2.45) is 5.73 Å². The van der Waals surface area contributed by atoms with Gasteiger partial charge in [-0.3, -0.25) is 4.79 Å². The van der Waals surface area contributed by atoms with Gasteiger partial charge in [-0.25, -0.2) is 0 Å². The molecule has 16 heavy (non-hydrogen) atoms. The first kappa shape index (κ1) is 12.9. The third-order valence-electron chi connectivity index (χ3n) is 1.97. The molecule has 1 rings (SSSR count). The molecule has 0 aliphatic heterocycles. The van der Waals surface area contributed by atoms with E-state index in [1.54, 1.807) is 13.1 Å². The molecule has 4 N–H and O–H groups in total. The van der Waals surface area contributed by atoms with Crippen molar-refractivity contribution in [3.8, 4) is 0 Å². The number of carbonyl (C=O) groups is 1. The van der Waals surface area contributed by atoms with E-state index < -0.39 is 0 Å². The molecule has 6 heteroatoms. The zero-order valence-corrected chi connectivity index (χ0v) is 11.1. The number of likely N-dealkylation sites (N-methyl/N-ethyl adjacent to an activating group) is 1. The highest BCUT2D eigenvalue weighted by molar-refractivity contribution is 9.10. The predicted molar refractivity (Wildman–Crippen MR) is 72.6 cm³/mol. The van der Waals surface area contributed by atoms with Crippen molar-refractivity contribution in [1.82, 2.24) is 5.32 Å². The van der Waals surface area contributed by atoms with Crippen LogP contribution in [0.15, 0.2) is 22.7 Å². The van der Waals surface area contributed by atoms with Gasteiger partial charge in [0.1, 0.15) is 4.99 Å². The summed E-state index contributed by atoms with van der Waals surface area (Å²) < 4.78 is 0.807. The summed E-state index contributed by atoms with van der Waals surface area (Å²) in [5.74, 6) is -0.0745. The minimum atomic E-state index is -0.0745. The molecular weight excluding hydrogens is 290 g/mol. The van der Waals surface area contributed by atoms with Crippen molar-refractivity contribution in [2.45, 2.75) is 0 Å². The monoisotopic (exact) mass is 301 g/mol.